The number of amides is 1. The molecule has 0 saturated carbocycles. The second kappa shape index (κ2) is 7.74. The van der Waals surface area contributed by atoms with Crippen LogP contribution in [0.25, 0.3) is 0 Å². The summed E-state index contributed by atoms with van der Waals surface area (Å²) in [5.41, 5.74) is -1.11. The number of hydrogen-bond donors (Lipinski definition) is 4. The molecule has 6 heteroatoms. The number of aliphatic carboxylic acids is 1. The Bertz CT molecular complexity index is 434. The summed E-state index contributed by atoms with van der Waals surface area (Å²) in [6, 6.07) is -1.53. The molecular weight excluding hydrogens is 284 g/mol. The van der Waals surface area contributed by atoms with E-state index in [0.29, 0.717) is 12.8 Å². The number of carbonyl (C=O) groups excluding carboxylic acids is 1. The van der Waals surface area contributed by atoms with Gasteiger partial charge in [-0.05, 0) is 32.6 Å². The van der Waals surface area contributed by atoms with E-state index in [1.807, 2.05) is 26.0 Å². The van der Waals surface area contributed by atoms with Crippen LogP contribution in [0.1, 0.15) is 47.0 Å². The highest BCUT2D eigenvalue weighted by Gasteiger charge is 2.46. The second-order valence-electron chi connectivity index (χ2n) is 6.29. The lowest BCUT2D eigenvalue weighted by Crippen LogP contribution is -2.61. The van der Waals surface area contributed by atoms with Crippen molar-refractivity contribution in [2.45, 2.75) is 70.7 Å². The molecule has 1 aliphatic rings. The number of rotatable bonds is 7. The van der Waals surface area contributed by atoms with Crippen LogP contribution < -0.4 is 10.6 Å². The second-order valence-corrected chi connectivity index (χ2v) is 6.29. The zero-order valence-electron chi connectivity index (χ0n) is 13.8. The number of nitrogens with one attached hydrogen (secondary N) is 2. The summed E-state index contributed by atoms with van der Waals surface area (Å²) in [4.78, 5) is 22.8. The highest BCUT2D eigenvalue weighted by molar-refractivity contribution is 5.75. The molecule has 4 N–H and O–H groups in total. The molecule has 0 aromatic rings. The molecule has 0 bridgehead atoms. The Morgan fingerprint density at radius 3 is 2.59 bits per heavy atom. The van der Waals surface area contributed by atoms with Gasteiger partial charge in [0.2, 0.25) is 5.91 Å². The fourth-order valence-corrected chi connectivity index (χ4v) is 3.32. The Hall–Kier alpha value is -1.40. The van der Waals surface area contributed by atoms with Gasteiger partial charge >= 0.3 is 5.97 Å². The van der Waals surface area contributed by atoms with Crippen LogP contribution in [0.5, 0.6) is 0 Å². The van der Waals surface area contributed by atoms with Gasteiger partial charge in [-0.25, -0.2) is 0 Å². The largest absolute Gasteiger partial charge is 0.480 e. The van der Waals surface area contributed by atoms with Gasteiger partial charge in [-0.3, -0.25) is 14.9 Å². The van der Waals surface area contributed by atoms with Gasteiger partial charge in [0.1, 0.15) is 6.04 Å². The zero-order chi connectivity index (χ0) is 16.9. The fourth-order valence-electron chi connectivity index (χ4n) is 3.32. The molecule has 5 atom stereocenters. The molecular formula is C16H28N2O4. The molecule has 22 heavy (non-hydrogen) atoms. The van der Waals surface area contributed by atoms with Crippen LogP contribution in [-0.2, 0) is 9.59 Å². The molecule has 1 heterocycles. The predicted molar refractivity (Wildman–Crippen MR) is 84.4 cm³/mol. The van der Waals surface area contributed by atoms with Crippen molar-refractivity contribution in [1.29, 1.82) is 0 Å². The van der Waals surface area contributed by atoms with Gasteiger partial charge in [-0.15, -0.1) is 0 Å². The number of carboxylic acid groups (broad SMARTS) is 1. The molecule has 0 unspecified atom stereocenters. The lowest BCUT2D eigenvalue weighted by molar-refractivity contribution is -0.139. The molecule has 0 aromatic carbocycles. The highest BCUT2D eigenvalue weighted by atomic mass is 16.4. The minimum absolute atomic E-state index is 0.0497. The van der Waals surface area contributed by atoms with Gasteiger partial charge in [0, 0.05) is 13.0 Å². The van der Waals surface area contributed by atoms with Crippen LogP contribution in [0.15, 0.2) is 12.2 Å². The van der Waals surface area contributed by atoms with Crippen LogP contribution in [0.4, 0.5) is 0 Å². The van der Waals surface area contributed by atoms with Gasteiger partial charge in [0.25, 0.3) is 0 Å². The van der Waals surface area contributed by atoms with Gasteiger partial charge in [-0.2, -0.15) is 0 Å². The summed E-state index contributed by atoms with van der Waals surface area (Å²) in [7, 11) is 0. The maximum absolute atomic E-state index is 11.6. The van der Waals surface area contributed by atoms with E-state index >= 15 is 0 Å². The van der Waals surface area contributed by atoms with Gasteiger partial charge in [-0.1, -0.05) is 25.5 Å². The van der Waals surface area contributed by atoms with Crippen molar-refractivity contribution in [3.63, 3.8) is 0 Å². The SMILES string of the molecule is CC=C[C@@H]1C[C@H](C(=O)O)N[C@H]1[C@@H](NC(C)=O)[C@@](C)(O)CCC. The third-order valence-corrected chi connectivity index (χ3v) is 4.24. The maximum Gasteiger partial charge on any atom is 0.320 e. The monoisotopic (exact) mass is 312 g/mol. The molecule has 1 saturated heterocycles. The summed E-state index contributed by atoms with van der Waals surface area (Å²) in [6.45, 7) is 6.94. The van der Waals surface area contributed by atoms with Crippen LogP contribution in [-0.4, -0.2) is 45.8 Å². The van der Waals surface area contributed by atoms with E-state index < -0.39 is 23.7 Å². The van der Waals surface area contributed by atoms with Crippen molar-refractivity contribution in [3.8, 4) is 0 Å². The first kappa shape index (κ1) is 18.6. The van der Waals surface area contributed by atoms with E-state index in [4.69, 9.17) is 0 Å². The Kier molecular flexibility index (Phi) is 6.56. The van der Waals surface area contributed by atoms with Crippen molar-refractivity contribution in [1.82, 2.24) is 10.6 Å². The Morgan fingerprint density at radius 1 is 1.50 bits per heavy atom. The molecule has 1 amide bonds. The quantitative estimate of drug-likeness (QED) is 0.527. The maximum atomic E-state index is 11.6. The lowest BCUT2D eigenvalue weighted by atomic mass is 9.81. The van der Waals surface area contributed by atoms with E-state index in [1.165, 1.54) is 6.92 Å². The van der Waals surface area contributed by atoms with E-state index in [1.54, 1.807) is 6.92 Å². The lowest BCUT2D eigenvalue weighted by Gasteiger charge is -2.39. The summed E-state index contributed by atoms with van der Waals surface area (Å²) in [5, 5.41) is 25.9. The van der Waals surface area contributed by atoms with Crippen molar-refractivity contribution in [2.75, 3.05) is 0 Å². The van der Waals surface area contributed by atoms with E-state index in [-0.39, 0.29) is 17.9 Å². The number of carboxylic acids is 1. The third kappa shape index (κ3) is 4.55. The molecule has 0 aliphatic carbocycles. The van der Waals surface area contributed by atoms with E-state index in [0.717, 1.165) is 6.42 Å². The molecule has 1 rings (SSSR count). The van der Waals surface area contributed by atoms with Gasteiger partial charge < -0.3 is 15.5 Å². The average Bonchev–Trinajstić information content (AvgIpc) is 2.80. The first-order valence-corrected chi connectivity index (χ1v) is 7.84. The molecule has 126 valence electrons. The number of aliphatic hydroxyl groups is 1. The molecule has 0 spiro atoms. The normalized spacial score (nSPS) is 29.2. The molecule has 1 aliphatic heterocycles. The van der Waals surface area contributed by atoms with Gasteiger partial charge in [0.05, 0.1) is 11.6 Å². The number of allylic oxidation sites excluding steroid dienone is 1. The van der Waals surface area contributed by atoms with Crippen molar-refractivity contribution in [2.24, 2.45) is 5.92 Å². The van der Waals surface area contributed by atoms with Crippen LogP contribution in [0, 0.1) is 5.92 Å². The van der Waals surface area contributed by atoms with E-state index in [9.17, 15) is 19.8 Å². The fraction of sp³-hybridized carbons (Fsp3) is 0.750. The van der Waals surface area contributed by atoms with Gasteiger partial charge in [0.15, 0.2) is 0 Å². The zero-order valence-corrected chi connectivity index (χ0v) is 13.8. The summed E-state index contributed by atoms with van der Waals surface area (Å²) >= 11 is 0. The summed E-state index contributed by atoms with van der Waals surface area (Å²) in [6.07, 6.45) is 5.56. The topological polar surface area (TPSA) is 98.7 Å². The van der Waals surface area contributed by atoms with E-state index in [2.05, 4.69) is 10.6 Å². The predicted octanol–water partition coefficient (Wildman–Crippen LogP) is 1.05. The minimum atomic E-state index is -1.11. The Labute approximate surface area is 132 Å². The standard InChI is InChI=1S/C16H28N2O4/c1-5-7-11-9-12(15(20)21)18-13(11)14(17-10(3)19)16(4,22)8-6-2/h5,7,11-14,18,22H,6,8-9H2,1-4H3,(H,17,19)(H,20,21)/t11-,12-,13-,14-,16+/m1/s1. The van der Waals surface area contributed by atoms with Crippen molar-refractivity contribution < 1.29 is 19.8 Å². The molecule has 0 radical (unpaired) electrons. The number of hydrogen-bond acceptors (Lipinski definition) is 4. The first-order valence-electron chi connectivity index (χ1n) is 7.84. The smallest absolute Gasteiger partial charge is 0.320 e. The number of carbonyl (C=O) groups is 2. The molecule has 0 aromatic heterocycles. The third-order valence-electron chi connectivity index (χ3n) is 4.24. The molecule has 1 fully saturated rings. The van der Waals surface area contributed by atoms with Crippen LogP contribution in [0.2, 0.25) is 0 Å². The first-order chi connectivity index (χ1) is 10.2. The summed E-state index contributed by atoms with van der Waals surface area (Å²) in [5.74, 6) is -1.19. The highest BCUT2D eigenvalue weighted by Crippen LogP contribution is 2.30. The Balaban J connectivity index is 3.09. The Morgan fingerprint density at radius 2 is 2.14 bits per heavy atom. The average molecular weight is 312 g/mol. The summed E-state index contributed by atoms with van der Waals surface area (Å²) < 4.78 is 0. The minimum Gasteiger partial charge on any atom is -0.480 e. The van der Waals surface area contributed by atoms with Crippen molar-refractivity contribution >= 4 is 11.9 Å². The van der Waals surface area contributed by atoms with Crippen molar-refractivity contribution in [3.05, 3.63) is 12.2 Å². The molecule has 6 nitrogen and oxygen atoms in total. The van der Waals surface area contributed by atoms with Crippen LogP contribution >= 0.6 is 0 Å². The van der Waals surface area contributed by atoms with Crippen LogP contribution in [0.3, 0.4) is 0 Å².